The van der Waals surface area contributed by atoms with E-state index >= 15 is 0 Å². The van der Waals surface area contributed by atoms with Crippen LogP contribution in [0.1, 0.15) is 0 Å². The van der Waals surface area contributed by atoms with Crippen LogP contribution in [0.3, 0.4) is 0 Å². The highest BCUT2D eigenvalue weighted by Crippen LogP contribution is 1.80. The monoisotopic (exact) mass is 176 g/mol. The summed E-state index contributed by atoms with van der Waals surface area (Å²) in [6.07, 6.45) is 3.74. The molecule has 0 radical (unpaired) electrons. The quantitative estimate of drug-likeness (QED) is 0.311. The molecule has 4 nitrogen and oxygen atoms in total. The molecule has 0 rings (SSSR count). The zero-order valence-electron chi connectivity index (χ0n) is 7.62. The number of rotatable bonds is 8. The lowest BCUT2D eigenvalue weighted by Gasteiger charge is -1.98. The summed E-state index contributed by atoms with van der Waals surface area (Å²) in [5, 5.41) is 0. The molecule has 0 heterocycles. The first-order valence-corrected chi connectivity index (χ1v) is 3.70. The fourth-order valence-electron chi connectivity index (χ4n) is 0.535. The maximum Gasteiger partial charge on any atom is 0.146 e. The van der Waals surface area contributed by atoms with E-state index in [0.29, 0.717) is 26.8 Å². The van der Waals surface area contributed by atoms with Crippen molar-refractivity contribution in [1.82, 2.24) is 0 Å². The van der Waals surface area contributed by atoms with Crippen molar-refractivity contribution in [2.24, 2.45) is 0 Å². The number of hydrogen-bond acceptors (Lipinski definition) is 4. The smallest absolute Gasteiger partial charge is 0.146 e. The van der Waals surface area contributed by atoms with Crippen LogP contribution in [0.2, 0.25) is 0 Å². The van der Waals surface area contributed by atoms with Gasteiger partial charge in [-0.15, -0.1) is 0 Å². The molecule has 12 heavy (non-hydrogen) atoms. The molecule has 0 fully saturated rings. The second-order valence-corrected chi connectivity index (χ2v) is 2.03. The van der Waals surface area contributed by atoms with Gasteiger partial charge in [0, 0.05) is 14.2 Å². The van der Waals surface area contributed by atoms with Crippen LogP contribution in [0, 0.1) is 0 Å². The average Bonchev–Trinajstić information content (AvgIpc) is 2.10. The highest BCUT2D eigenvalue weighted by molar-refractivity contribution is 4.80. The molecule has 0 N–H and O–H groups in total. The van der Waals surface area contributed by atoms with Crippen molar-refractivity contribution in [2.45, 2.75) is 0 Å². The van der Waals surface area contributed by atoms with E-state index in [0.717, 1.165) is 0 Å². The Kier molecular flexibility index (Phi) is 10.2. The van der Waals surface area contributed by atoms with Crippen LogP contribution < -0.4 is 0 Å². The van der Waals surface area contributed by atoms with Crippen molar-refractivity contribution in [2.75, 3.05) is 41.0 Å². The molecule has 0 aliphatic carbocycles. The lowest BCUT2D eigenvalue weighted by atomic mass is 10.5. The summed E-state index contributed by atoms with van der Waals surface area (Å²) in [5.74, 6) is 0. The van der Waals surface area contributed by atoms with Crippen molar-refractivity contribution in [3.8, 4) is 0 Å². The molecule has 0 unspecified atom stereocenters. The van der Waals surface area contributed by atoms with Gasteiger partial charge in [-0.1, -0.05) is 12.2 Å². The largest absolute Gasteiger partial charge is 0.359 e. The molecule has 0 saturated carbocycles. The Hall–Kier alpha value is -0.420. The fourth-order valence-corrected chi connectivity index (χ4v) is 0.535. The van der Waals surface area contributed by atoms with Crippen LogP contribution >= 0.6 is 0 Å². The topological polar surface area (TPSA) is 36.9 Å². The molecule has 0 aromatic rings. The summed E-state index contributed by atoms with van der Waals surface area (Å²) in [6.45, 7) is 1.74. The third kappa shape index (κ3) is 9.58. The normalized spacial score (nSPS) is 11.2. The lowest BCUT2D eigenvalue weighted by Crippen LogP contribution is -1.97. The van der Waals surface area contributed by atoms with Crippen molar-refractivity contribution in [1.29, 1.82) is 0 Å². The number of methoxy groups -OCH3 is 2. The maximum absolute atomic E-state index is 4.99. The average molecular weight is 176 g/mol. The zero-order valence-corrected chi connectivity index (χ0v) is 7.62. The van der Waals surface area contributed by atoms with E-state index in [-0.39, 0.29) is 0 Å². The van der Waals surface area contributed by atoms with Crippen LogP contribution in [0.4, 0.5) is 0 Å². The Morgan fingerprint density at radius 1 is 0.833 bits per heavy atom. The van der Waals surface area contributed by atoms with Gasteiger partial charge in [0.05, 0.1) is 13.2 Å². The molecule has 0 aliphatic heterocycles. The summed E-state index contributed by atoms with van der Waals surface area (Å²) in [7, 11) is 3.18. The Balaban J connectivity index is 2.93. The highest BCUT2D eigenvalue weighted by Gasteiger charge is 1.80. The number of ether oxygens (including phenoxy) is 4. The van der Waals surface area contributed by atoms with Gasteiger partial charge in [0.15, 0.2) is 0 Å². The van der Waals surface area contributed by atoms with Crippen molar-refractivity contribution >= 4 is 0 Å². The van der Waals surface area contributed by atoms with Crippen LogP contribution in [0.25, 0.3) is 0 Å². The molecular formula is C8H16O4. The minimum absolute atomic E-state index is 0.323. The summed E-state index contributed by atoms with van der Waals surface area (Å²) in [5.41, 5.74) is 0. The summed E-state index contributed by atoms with van der Waals surface area (Å²) < 4.78 is 19.3. The van der Waals surface area contributed by atoms with Gasteiger partial charge in [0.25, 0.3) is 0 Å². The first-order chi connectivity index (χ1) is 5.91. The molecule has 0 bridgehead atoms. The third-order valence-electron chi connectivity index (χ3n) is 0.997. The first-order valence-electron chi connectivity index (χ1n) is 3.70. The van der Waals surface area contributed by atoms with Crippen LogP contribution in [-0.2, 0) is 18.9 Å². The van der Waals surface area contributed by atoms with E-state index in [2.05, 4.69) is 9.47 Å². The van der Waals surface area contributed by atoms with E-state index in [1.807, 2.05) is 12.2 Å². The fraction of sp³-hybridized carbons (Fsp3) is 0.750. The van der Waals surface area contributed by atoms with Crippen LogP contribution in [-0.4, -0.2) is 41.0 Å². The minimum Gasteiger partial charge on any atom is -0.359 e. The molecule has 0 saturated heterocycles. The van der Waals surface area contributed by atoms with E-state index in [4.69, 9.17) is 9.47 Å². The van der Waals surface area contributed by atoms with Gasteiger partial charge < -0.3 is 18.9 Å². The van der Waals surface area contributed by atoms with Gasteiger partial charge in [-0.3, -0.25) is 0 Å². The summed E-state index contributed by atoms with van der Waals surface area (Å²) in [4.78, 5) is 0. The van der Waals surface area contributed by atoms with Gasteiger partial charge in [-0.05, 0) is 0 Å². The summed E-state index contributed by atoms with van der Waals surface area (Å²) >= 11 is 0. The third-order valence-corrected chi connectivity index (χ3v) is 0.997. The van der Waals surface area contributed by atoms with Crippen LogP contribution in [0.5, 0.6) is 0 Å². The van der Waals surface area contributed by atoms with E-state index in [1.165, 1.54) is 0 Å². The van der Waals surface area contributed by atoms with Gasteiger partial charge >= 0.3 is 0 Å². The Morgan fingerprint density at radius 2 is 1.25 bits per heavy atom. The number of hydrogen-bond donors (Lipinski definition) is 0. The zero-order chi connectivity index (χ0) is 9.07. The summed E-state index contributed by atoms with van der Waals surface area (Å²) in [6, 6.07) is 0. The Bertz CT molecular complexity index is 91.2. The SMILES string of the molecule is COCOC/C=C\COCOC. The second kappa shape index (κ2) is 10.6. The van der Waals surface area contributed by atoms with Crippen molar-refractivity contribution < 1.29 is 18.9 Å². The van der Waals surface area contributed by atoms with E-state index in [9.17, 15) is 0 Å². The predicted octanol–water partition coefficient (Wildman–Crippen LogP) is 0.784. The molecule has 0 amide bonds. The molecule has 0 spiro atoms. The molecule has 72 valence electrons. The molecular weight excluding hydrogens is 160 g/mol. The molecule has 0 aromatic heterocycles. The molecule has 4 heteroatoms. The molecule has 0 aromatic carbocycles. The van der Waals surface area contributed by atoms with Gasteiger partial charge in [-0.25, -0.2) is 0 Å². The Labute approximate surface area is 73.1 Å². The van der Waals surface area contributed by atoms with Gasteiger partial charge in [0.1, 0.15) is 13.6 Å². The van der Waals surface area contributed by atoms with Gasteiger partial charge in [0.2, 0.25) is 0 Å². The lowest BCUT2D eigenvalue weighted by molar-refractivity contribution is -0.0223. The van der Waals surface area contributed by atoms with Crippen molar-refractivity contribution in [3.63, 3.8) is 0 Å². The van der Waals surface area contributed by atoms with E-state index < -0.39 is 0 Å². The second-order valence-electron chi connectivity index (χ2n) is 2.03. The van der Waals surface area contributed by atoms with Crippen molar-refractivity contribution in [3.05, 3.63) is 12.2 Å². The van der Waals surface area contributed by atoms with Crippen LogP contribution in [0.15, 0.2) is 12.2 Å². The highest BCUT2D eigenvalue weighted by atomic mass is 16.7. The predicted molar refractivity (Wildman–Crippen MR) is 44.8 cm³/mol. The minimum atomic E-state index is 0.323. The first kappa shape index (κ1) is 11.6. The van der Waals surface area contributed by atoms with E-state index in [1.54, 1.807) is 14.2 Å². The molecule has 0 atom stereocenters. The standard InChI is InChI=1S/C8H16O4/c1-9-7-11-5-3-4-6-12-8-10-2/h3-4H,5-8H2,1-2H3/b4-3-. The van der Waals surface area contributed by atoms with Gasteiger partial charge in [-0.2, -0.15) is 0 Å². The molecule has 0 aliphatic rings. The maximum atomic E-state index is 4.99. The Morgan fingerprint density at radius 3 is 1.58 bits per heavy atom.